The van der Waals surface area contributed by atoms with Crippen LogP contribution in [0, 0.1) is 17.6 Å². The van der Waals surface area contributed by atoms with Crippen LogP contribution < -0.4 is 10.6 Å². The van der Waals surface area contributed by atoms with Crippen molar-refractivity contribution >= 4 is 38.5 Å². The van der Waals surface area contributed by atoms with Gasteiger partial charge in [0.25, 0.3) is 0 Å². The van der Waals surface area contributed by atoms with Crippen molar-refractivity contribution in [3.05, 3.63) is 23.8 Å². The van der Waals surface area contributed by atoms with E-state index in [1.54, 1.807) is 0 Å². The number of nitrogens with zero attached hydrogens (tertiary/aromatic N) is 1. The normalized spacial score (nSPS) is 16.3. The third-order valence-corrected chi connectivity index (χ3v) is 5.11. The molecular weight excluding hydrogens is 336 g/mol. The monoisotopic (exact) mass is 353 g/mol. The van der Waals surface area contributed by atoms with E-state index in [1.165, 1.54) is 6.92 Å². The summed E-state index contributed by atoms with van der Waals surface area (Å²) in [5.41, 5.74) is 0.283. The third kappa shape index (κ3) is 3.53. The van der Waals surface area contributed by atoms with Crippen molar-refractivity contribution in [2.45, 2.75) is 38.6 Å². The minimum absolute atomic E-state index is 0.0955. The van der Waals surface area contributed by atoms with Crippen LogP contribution in [0.15, 0.2) is 12.1 Å². The van der Waals surface area contributed by atoms with Crippen molar-refractivity contribution in [1.82, 2.24) is 10.3 Å². The lowest BCUT2D eigenvalue weighted by atomic mass is 9.97. The molecule has 2 N–H and O–H groups in total. The van der Waals surface area contributed by atoms with Gasteiger partial charge in [0.15, 0.2) is 16.8 Å². The van der Waals surface area contributed by atoms with Gasteiger partial charge in [-0.3, -0.25) is 9.59 Å². The number of fused-ring (bicyclic) bond motifs is 1. The molecule has 0 saturated heterocycles. The van der Waals surface area contributed by atoms with E-state index in [0.717, 1.165) is 49.2 Å². The molecule has 1 saturated carbocycles. The van der Waals surface area contributed by atoms with Gasteiger partial charge in [0, 0.05) is 13.0 Å². The van der Waals surface area contributed by atoms with E-state index in [0.29, 0.717) is 4.70 Å². The predicted molar refractivity (Wildman–Crippen MR) is 87.7 cm³/mol. The lowest BCUT2D eigenvalue weighted by molar-refractivity contribution is -0.126. The molecule has 1 fully saturated rings. The van der Waals surface area contributed by atoms with Crippen LogP contribution in [0.5, 0.6) is 0 Å². The quantitative estimate of drug-likeness (QED) is 0.887. The average Bonchev–Trinajstić information content (AvgIpc) is 3.14. The zero-order valence-corrected chi connectivity index (χ0v) is 13.9. The largest absolute Gasteiger partial charge is 0.344 e. The molecule has 3 rings (SSSR count). The van der Waals surface area contributed by atoms with E-state index in [9.17, 15) is 18.4 Å². The number of hydrogen-bond acceptors (Lipinski definition) is 4. The number of rotatable bonds is 4. The SMILES string of the molecule is CC(=O)NC(C(=O)Nc1nc2cc(F)c(F)cc2s1)C1CCCC1. The van der Waals surface area contributed by atoms with Crippen molar-refractivity contribution < 1.29 is 18.4 Å². The van der Waals surface area contributed by atoms with E-state index in [-0.39, 0.29) is 28.4 Å². The summed E-state index contributed by atoms with van der Waals surface area (Å²) < 4.78 is 27.0. The van der Waals surface area contributed by atoms with Crippen LogP contribution in [0.25, 0.3) is 10.2 Å². The highest BCUT2D eigenvalue weighted by atomic mass is 32.1. The summed E-state index contributed by atoms with van der Waals surface area (Å²) in [7, 11) is 0. The Kier molecular flexibility index (Phi) is 4.75. The number of hydrogen-bond donors (Lipinski definition) is 2. The first-order chi connectivity index (χ1) is 11.4. The van der Waals surface area contributed by atoms with Gasteiger partial charge < -0.3 is 10.6 Å². The number of amides is 2. The summed E-state index contributed by atoms with van der Waals surface area (Å²) in [5.74, 6) is -2.45. The molecule has 0 spiro atoms. The Morgan fingerprint density at radius 3 is 2.58 bits per heavy atom. The molecule has 1 unspecified atom stereocenters. The summed E-state index contributed by atoms with van der Waals surface area (Å²) in [6.07, 6.45) is 3.84. The highest BCUT2D eigenvalue weighted by Crippen LogP contribution is 2.30. The molecule has 1 atom stereocenters. The maximum absolute atomic E-state index is 13.3. The topological polar surface area (TPSA) is 71.1 Å². The molecule has 0 radical (unpaired) electrons. The number of carbonyl (C=O) groups is 2. The second-order valence-electron chi connectivity index (χ2n) is 5.97. The Morgan fingerprint density at radius 2 is 1.92 bits per heavy atom. The van der Waals surface area contributed by atoms with Crippen LogP contribution in [0.4, 0.5) is 13.9 Å². The maximum Gasteiger partial charge on any atom is 0.249 e. The van der Waals surface area contributed by atoms with E-state index < -0.39 is 17.7 Å². The van der Waals surface area contributed by atoms with Crippen LogP contribution >= 0.6 is 11.3 Å². The number of benzene rings is 1. The van der Waals surface area contributed by atoms with E-state index in [1.807, 2.05) is 0 Å². The zero-order chi connectivity index (χ0) is 17.3. The smallest absolute Gasteiger partial charge is 0.249 e. The van der Waals surface area contributed by atoms with E-state index in [4.69, 9.17) is 0 Å². The van der Waals surface area contributed by atoms with Gasteiger partial charge in [-0.15, -0.1) is 0 Å². The first-order valence-electron chi connectivity index (χ1n) is 7.77. The number of halogens is 2. The molecule has 1 aromatic heterocycles. The fourth-order valence-corrected chi connectivity index (χ4v) is 3.94. The molecule has 24 heavy (non-hydrogen) atoms. The molecule has 5 nitrogen and oxygen atoms in total. The number of aromatic nitrogens is 1. The lowest BCUT2D eigenvalue weighted by Gasteiger charge is -2.22. The van der Waals surface area contributed by atoms with E-state index in [2.05, 4.69) is 15.6 Å². The summed E-state index contributed by atoms with van der Waals surface area (Å²) in [4.78, 5) is 28.0. The highest BCUT2D eigenvalue weighted by molar-refractivity contribution is 7.22. The number of anilines is 1. The minimum Gasteiger partial charge on any atom is -0.344 e. The Bertz CT molecular complexity index is 748. The van der Waals surface area contributed by atoms with Gasteiger partial charge in [0.1, 0.15) is 6.04 Å². The average molecular weight is 353 g/mol. The van der Waals surface area contributed by atoms with Crippen molar-refractivity contribution in [3.63, 3.8) is 0 Å². The summed E-state index contributed by atoms with van der Waals surface area (Å²) in [5, 5.41) is 5.62. The summed E-state index contributed by atoms with van der Waals surface area (Å²) in [6.45, 7) is 1.37. The predicted octanol–water partition coefficient (Wildman–Crippen LogP) is 3.21. The summed E-state index contributed by atoms with van der Waals surface area (Å²) in [6, 6.07) is 1.43. The molecule has 0 aliphatic heterocycles. The van der Waals surface area contributed by atoms with Crippen LogP contribution in [0.1, 0.15) is 32.6 Å². The Balaban J connectivity index is 1.79. The Labute approximate surface area is 141 Å². The molecule has 1 aliphatic rings. The van der Waals surface area contributed by atoms with Crippen LogP contribution in [0.2, 0.25) is 0 Å². The van der Waals surface area contributed by atoms with Crippen molar-refractivity contribution in [3.8, 4) is 0 Å². The molecule has 1 heterocycles. The van der Waals surface area contributed by atoms with Gasteiger partial charge in [-0.1, -0.05) is 24.2 Å². The van der Waals surface area contributed by atoms with Crippen LogP contribution in [0.3, 0.4) is 0 Å². The maximum atomic E-state index is 13.3. The number of thiazole rings is 1. The third-order valence-electron chi connectivity index (χ3n) is 4.17. The summed E-state index contributed by atoms with van der Waals surface area (Å²) >= 11 is 1.06. The second-order valence-corrected chi connectivity index (χ2v) is 7.00. The van der Waals surface area contributed by atoms with Gasteiger partial charge in [0.05, 0.1) is 10.2 Å². The molecule has 128 valence electrons. The molecular formula is C16H17F2N3O2S. The first kappa shape index (κ1) is 16.8. The van der Waals surface area contributed by atoms with Gasteiger partial charge in [0.2, 0.25) is 11.8 Å². The first-order valence-corrected chi connectivity index (χ1v) is 8.59. The van der Waals surface area contributed by atoms with Gasteiger partial charge in [-0.25, -0.2) is 13.8 Å². The lowest BCUT2D eigenvalue weighted by Crippen LogP contribution is -2.47. The Morgan fingerprint density at radius 1 is 1.25 bits per heavy atom. The second kappa shape index (κ2) is 6.80. The fourth-order valence-electron chi connectivity index (χ4n) is 3.07. The molecule has 1 aromatic carbocycles. The van der Waals surface area contributed by atoms with Crippen LogP contribution in [-0.2, 0) is 9.59 Å². The van der Waals surface area contributed by atoms with Gasteiger partial charge >= 0.3 is 0 Å². The molecule has 2 aromatic rings. The van der Waals surface area contributed by atoms with Crippen molar-refractivity contribution in [2.75, 3.05) is 5.32 Å². The van der Waals surface area contributed by atoms with Crippen molar-refractivity contribution in [1.29, 1.82) is 0 Å². The molecule has 1 aliphatic carbocycles. The molecule has 8 heteroatoms. The zero-order valence-electron chi connectivity index (χ0n) is 13.1. The van der Waals surface area contributed by atoms with E-state index >= 15 is 0 Å². The standard InChI is InChI=1S/C16H17F2N3O2S/c1-8(22)19-14(9-4-2-3-5-9)15(23)21-16-20-12-6-10(17)11(18)7-13(12)24-16/h6-7,9,14H,2-5H2,1H3,(H,19,22)(H,20,21,23). The van der Waals surface area contributed by atoms with Crippen molar-refractivity contribution in [2.24, 2.45) is 5.92 Å². The Hall–Kier alpha value is -2.09. The molecule has 0 bridgehead atoms. The van der Waals surface area contributed by atoms with Crippen LogP contribution in [-0.4, -0.2) is 22.8 Å². The minimum atomic E-state index is -0.979. The number of nitrogens with one attached hydrogen (secondary N) is 2. The fraction of sp³-hybridized carbons (Fsp3) is 0.438. The molecule has 2 amide bonds. The van der Waals surface area contributed by atoms with Gasteiger partial charge in [-0.2, -0.15) is 0 Å². The number of carbonyl (C=O) groups excluding carboxylic acids is 2. The highest BCUT2D eigenvalue weighted by Gasteiger charge is 2.31. The van der Waals surface area contributed by atoms with Gasteiger partial charge in [-0.05, 0) is 24.8 Å².